The highest BCUT2D eigenvalue weighted by Crippen LogP contribution is 2.37. The highest BCUT2D eigenvalue weighted by molar-refractivity contribution is 7.99. The third-order valence-electron chi connectivity index (χ3n) is 4.01. The molecule has 26 heavy (non-hydrogen) atoms. The zero-order valence-electron chi connectivity index (χ0n) is 13.8. The van der Waals surface area contributed by atoms with Gasteiger partial charge in [-0.3, -0.25) is 9.59 Å². The Morgan fingerprint density at radius 1 is 1.27 bits per heavy atom. The number of halogens is 1. The minimum absolute atomic E-state index is 0.0306. The number of benzene rings is 2. The quantitative estimate of drug-likeness (QED) is 0.566. The van der Waals surface area contributed by atoms with Crippen LogP contribution < -0.4 is 10.6 Å². The number of carbonyl (C=O) groups is 2. The van der Waals surface area contributed by atoms with Crippen LogP contribution in [0.15, 0.2) is 53.9 Å². The Hall–Kier alpha value is -2.80. The number of fused-ring (bicyclic) bond motifs is 1. The van der Waals surface area contributed by atoms with E-state index in [1.165, 1.54) is 30.3 Å². The van der Waals surface area contributed by atoms with Gasteiger partial charge in [-0.15, -0.1) is 11.8 Å². The Balaban J connectivity index is 1.83. The maximum absolute atomic E-state index is 13.6. The standard InChI is InChI=1S/C19H17FN2O3S/c1-2-18(24)21-12-4-5-16(23)14(10-12)19(25)22-15-7-8-26-17-6-3-11(20)9-13(15)17/h2-6,9-10,15,23H,1,7-8H2,(H,21,24)(H,22,25). The lowest BCUT2D eigenvalue weighted by Gasteiger charge is -2.26. The summed E-state index contributed by atoms with van der Waals surface area (Å²) < 4.78 is 13.6. The van der Waals surface area contributed by atoms with Gasteiger partial charge in [0, 0.05) is 16.3 Å². The molecule has 134 valence electrons. The van der Waals surface area contributed by atoms with Gasteiger partial charge in [-0.1, -0.05) is 6.58 Å². The van der Waals surface area contributed by atoms with E-state index in [1.54, 1.807) is 17.8 Å². The highest BCUT2D eigenvalue weighted by atomic mass is 32.2. The van der Waals surface area contributed by atoms with E-state index in [1.807, 2.05) is 0 Å². The number of carbonyl (C=O) groups excluding carboxylic acids is 2. The summed E-state index contributed by atoms with van der Waals surface area (Å²) in [5.41, 5.74) is 1.12. The molecule has 1 aliphatic heterocycles. The van der Waals surface area contributed by atoms with E-state index in [4.69, 9.17) is 0 Å². The number of thioether (sulfide) groups is 1. The minimum atomic E-state index is -0.496. The highest BCUT2D eigenvalue weighted by Gasteiger charge is 2.24. The molecule has 2 aromatic carbocycles. The molecule has 0 bridgehead atoms. The summed E-state index contributed by atoms with van der Waals surface area (Å²) in [6.45, 7) is 3.36. The first-order valence-electron chi connectivity index (χ1n) is 7.97. The molecule has 0 spiro atoms. The summed E-state index contributed by atoms with van der Waals surface area (Å²) in [7, 11) is 0. The van der Waals surface area contributed by atoms with Crippen LogP contribution >= 0.6 is 11.8 Å². The van der Waals surface area contributed by atoms with Crippen molar-refractivity contribution in [1.29, 1.82) is 0 Å². The van der Waals surface area contributed by atoms with E-state index in [9.17, 15) is 19.1 Å². The zero-order chi connectivity index (χ0) is 18.7. The second-order valence-electron chi connectivity index (χ2n) is 5.77. The number of anilines is 1. The molecule has 2 amide bonds. The number of phenolic OH excluding ortho intramolecular Hbond substituents is 1. The van der Waals surface area contributed by atoms with Gasteiger partial charge in [0.15, 0.2) is 0 Å². The molecule has 0 saturated carbocycles. The topological polar surface area (TPSA) is 78.4 Å². The summed E-state index contributed by atoms with van der Waals surface area (Å²) in [5.74, 6) is -0.684. The van der Waals surface area contributed by atoms with E-state index in [0.29, 0.717) is 12.1 Å². The van der Waals surface area contributed by atoms with Gasteiger partial charge < -0.3 is 15.7 Å². The molecule has 3 rings (SSSR count). The van der Waals surface area contributed by atoms with E-state index in [-0.39, 0.29) is 23.2 Å². The molecule has 0 aromatic heterocycles. The smallest absolute Gasteiger partial charge is 0.255 e. The molecule has 1 aliphatic rings. The maximum atomic E-state index is 13.6. The van der Waals surface area contributed by atoms with Gasteiger partial charge in [0.1, 0.15) is 11.6 Å². The van der Waals surface area contributed by atoms with Crippen LogP contribution in [0.25, 0.3) is 0 Å². The van der Waals surface area contributed by atoms with Crippen molar-refractivity contribution >= 4 is 29.3 Å². The fourth-order valence-electron chi connectivity index (χ4n) is 2.74. The van der Waals surface area contributed by atoms with Gasteiger partial charge in [0.2, 0.25) is 5.91 Å². The average molecular weight is 372 g/mol. The van der Waals surface area contributed by atoms with Crippen LogP contribution in [0, 0.1) is 5.82 Å². The van der Waals surface area contributed by atoms with Crippen molar-refractivity contribution in [3.8, 4) is 5.75 Å². The molecule has 7 heteroatoms. The van der Waals surface area contributed by atoms with Crippen LogP contribution in [0.5, 0.6) is 5.75 Å². The third kappa shape index (κ3) is 3.88. The summed E-state index contributed by atoms with van der Waals surface area (Å²) in [5, 5.41) is 15.4. The lowest BCUT2D eigenvalue weighted by Crippen LogP contribution is -2.30. The first-order chi connectivity index (χ1) is 12.5. The second-order valence-corrected chi connectivity index (χ2v) is 6.91. The fraction of sp³-hybridized carbons (Fsp3) is 0.158. The van der Waals surface area contributed by atoms with Crippen LogP contribution in [-0.4, -0.2) is 22.7 Å². The Morgan fingerprint density at radius 3 is 2.85 bits per heavy atom. The van der Waals surface area contributed by atoms with Gasteiger partial charge in [0.25, 0.3) is 5.91 Å². The van der Waals surface area contributed by atoms with Crippen molar-refractivity contribution in [2.45, 2.75) is 17.4 Å². The number of hydrogen-bond acceptors (Lipinski definition) is 4. The van der Waals surface area contributed by atoms with Crippen LogP contribution in [-0.2, 0) is 4.79 Å². The lowest BCUT2D eigenvalue weighted by molar-refractivity contribution is -0.111. The van der Waals surface area contributed by atoms with E-state index in [0.717, 1.165) is 22.3 Å². The molecule has 0 radical (unpaired) electrons. The predicted molar refractivity (Wildman–Crippen MR) is 98.9 cm³/mol. The molecule has 5 nitrogen and oxygen atoms in total. The molecule has 0 aliphatic carbocycles. The molecule has 1 unspecified atom stereocenters. The molecular weight excluding hydrogens is 355 g/mol. The van der Waals surface area contributed by atoms with Gasteiger partial charge in [-0.2, -0.15) is 0 Å². The zero-order valence-corrected chi connectivity index (χ0v) is 14.6. The van der Waals surface area contributed by atoms with Gasteiger partial charge in [0.05, 0.1) is 11.6 Å². The third-order valence-corrected chi connectivity index (χ3v) is 5.13. The molecular formula is C19H17FN2O3S. The predicted octanol–water partition coefficient (Wildman–Crippen LogP) is 3.62. The Kier molecular flexibility index (Phi) is 5.27. The van der Waals surface area contributed by atoms with Crippen LogP contribution in [0.2, 0.25) is 0 Å². The monoisotopic (exact) mass is 372 g/mol. The number of amides is 2. The van der Waals surface area contributed by atoms with Crippen molar-refractivity contribution in [2.24, 2.45) is 0 Å². The Bertz CT molecular complexity index is 885. The number of phenols is 1. The number of rotatable bonds is 4. The van der Waals surface area contributed by atoms with Gasteiger partial charge >= 0.3 is 0 Å². The summed E-state index contributed by atoms with van der Waals surface area (Å²) in [6, 6.07) is 8.38. The molecule has 1 heterocycles. The molecule has 0 fully saturated rings. The minimum Gasteiger partial charge on any atom is -0.507 e. The summed E-state index contributed by atoms with van der Waals surface area (Å²) in [4.78, 5) is 25.0. The largest absolute Gasteiger partial charge is 0.507 e. The van der Waals surface area contributed by atoms with E-state index < -0.39 is 11.8 Å². The fourth-order valence-corrected chi connectivity index (χ4v) is 3.85. The Morgan fingerprint density at radius 2 is 2.08 bits per heavy atom. The van der Waals surface area contributed by atoms with Crippen molar-refractivity contribution in [2.75, 3.05) is 11.1 Å². The number of hydrogen-bond donors (Lipinski definition) is 3. The molecule has 3 N–H and O–H groups in total. The van der Waals surface area contributed by atoms with E-state index >= 15 is 0 Å². The lowest BCUT2D eigenvalue weighted by atomic mass is 10.0. The SMILES string of the molecule is C=CC(=O)Nc1ccc(O)c(C(=O)NC2CCSc3ccc(F)cc32)c1. The average Bonchev–Trinajstić information content (AvgIpc) is 2.63. The second kappa shape index (κ2) is 7.61. The molecule has 2 aromatic rings. The Labute approximate surface area is 154 Å². The number of nitrogens with one attached hydrogen (secondary N) is 2. The van der Waals surface area contributed by atoms with Crippen molar-refractivity contribution in [3.63, 3.8) is 0 Å². The van der Waals surface area contributed by atoms with Crippen molar-refractivity contribution < 1.29 is 19.1 Å². The van der Waals surface area contributed by atoms with E-state index in [2.05, 4.69) is 17.2 Å². The normalized spacial score (nSPS) is 15.7. The van der Waals surface area contributed by atoms with Crippen LogP contribution in [0.4, 0.5) is 10.1 Å². The van der Waals surface area contributed by atoms with Crippen molar-refractivity contribution in [3.05, 3.63) is 66.0 Å². The number of aromatic hydroxyl groups is 1. The van der Waals surface area contributed by atoms with Gasteiger partial charge in [-0.05, 0) is 54.5 Å². The molecule has 0 saturated heterocycles. The van der Waals surface area contributed by atoms with Crippen LogP contribution in [0.3, 0.4) is 0 Å². The molecule has 1 atom stereocenters. The van der Waals surface area contributed by atoms with Gasteiger partial charge in [-0.25, -0.2) is 4.39 Å². The summed E-state index contributed by atoms with van der Waals surface area (Å²) in [6.07, 6.45) is 1.76. The first-order valence-corrected chi connectivity index (χ1v) is 8.96. The van der Waals surface area contributed by atoms with Crippen molar-refractivity contribution in [1.82, 2.24) is 5.32 Å². The summed E-state index contributed by atoms with van der Waals surface area (Å²) >= 11 is 1.61. The first kappa shape index (κ1) is 18.0. The van der Waals surface area contributed by atoms with Crippen LogP contribution in [0.1, 0.15) is 28.4 Å². The maximum Gasteiger partial charge on any atom is 0.255 e.